The second-order valence-corrected chi connectivity index (χ2v) is 10.9. The average Bonchev–Trinajstić information content (AvgIpc) is 3.13. The van der Waals surface area contributed by atoms with Crippen molar-refractivity contribution in [2.24, 2.45) is 0 Å². The molecule has 1 aliphatic rings. The Morgan fingerprint density at radius 3 is 2.22 bits per heavy atom. The second-order valence-electron chi connectivity index (χ2n) is 6.29. The van der Waals surface area contributed by atoms with Crippen molar-refractivity contribution in [3.05, 3.63) is 12.2 Å². The largest absolute Gasteiger partial charge is 1.00 e. The zero-order valence-electron chi connectivity index (χ0n) is 19.7. The van der Waals surface area contributed by atoms with E-state index in [9.17, 15) is 38.4 Å². The Hall–Kier alpha value is 3.03. The van der Waals surface area contributed by atoms with Crippen LogP contribution in [0.15, 0.2) is 6.33 Å². The summed E-state index contributed by atoms with van der Waals surface area (Å²) in [5.74, 6) is 0.0820. The summed E-state index contributed by atoms with van der Waals surface area (Å²) in [6.07, 6.45) is -4.93. The van der Waals surface area contributed by atoms with Crippen LogP contribution >= 0.6 is 36.1 Å². The van der Waals surface area contributed by atoms with Gasteiger partial charge >= 0.3 is 118 Å². The normalized spacial score (nSPS) is 24.9. The summed E-state index contributed by atoms with van der Waals surface area (Å²) in [5, 5.41) is 10.6. The van der Waals surface area contributed by atoms with Gasteiger partial charge in [-0.2, -0.15) is 12.6 Å². The summed E-state index contributed by atoms with van der Waals surface area (Å²) >= 11 is 3.97. The van der Waals surface area contributed by atoms with Gasteiger partial charge in [0.05, 0.1) is 20.3 Å². The first-order valence-electron chi connectivity index (χ1n) is 8.29. The van der Waals surface area contributed by atoms with Crippen molar-refractivity contribution in [1.82, 2.24) is 19.5 Å². The smallest absolute Gasteiger partial charge is 0.790 e. The number of phosphoric ester groups is 1. The predicted octanol–water partition coefficient (Wildman–Crippen LogP) is -14.9. The molecule has 0 amide bonds. The molecule has 0 aromatic carbocycles. The minimum Gasteiger partial charge on any atom is -0.790 e. The number of imidazole rings is 1. The number of aliphatic hydroxyl groups is 1. The van der Waals surface area contributed by atoms with Crippen LogP contribution in [0.3, 0.4) is 0 Å². The third-order valence-electron chi connectivity index (χ3n) is 3.97. The number of nitrogens with zero attached hydrogens (tertiary/aromatic N) is 4. The van der Waals surface area contributed by atoms with Gasteiger partial charge in [0.1, 0.15) is 23.5 Å². The summed E-state index contributed by atoms with van der Waals surface area (Å²) < 4.78 is 51.7. The Morgan fingerprint density at radius 1 is 1.11 bits per heavy atom. The average molecular weight is 625 g/mol. The molecule has 180 valence electrons. The molecule has 3 N–H and O–H groups in total. The molecule has 1 fully saturated rings. The molecule has 0 saturated carbocycles. The molecule has 1 saturated heterocycles. The fourth-order valence-corrected chi connectivity index (χ4v) is 6.25. The van der Waals surface area contributed by atoms with E-state index in [-0.39, 0.29) is 147 Å². The number of fused-ring (bicyclic) bond motifs is 1. The van der Waals surface area contributed by atoms with Crippen molar-refractivity contribution >= 4 is 53.1 Å². The molecule has 3 rings (SSSR count). The Labute approximate surface area is 298 Å². The van der Waals surface area contributed by atoms with Crippen molar-refractivity contribution < 1.29 is 174 Å². The van der Waals surface area contributed by atoms with E-state index in [1.807, 2.05) is 0 Å². The van der Waals surface area contributed by atoms with Crippen LogP contribution in [-0.4, -0.2) is 48.7 Å². The van der Waals surface area contributed by atoms with Crippen molar-refractivity contribution in [3.63, 3.8) is 0 Å². The fraction of sp³-hybridized carbons (Fsp3) is 0.545. The Bertz CT molecular complexity index is 1180. The molecule has 0 spiro atoms. The molecule has 0 aliphatic carbocycles. The van der Waals surface area contributed by atoms with Crippen LogP contribution in [0, 0.1) is 6.92 Å². The van der Waals surface area contributed by atoms with Crippen LogP contribution in [0.2, 0.25) is 0 Å². The standard InChI is InChI=1S/C11H18N5O12P3S.4Na/c1-4-14-9(12)6-10(15-4)16(3-13-6)11-7(17)8(5(2-32)25-11)26-30(21,22)28-31(23,24)27-29(18,19)20;;;;/h3,5,7-8,11,17,32H,2H2,1H3,(H,21,22)(H,23,24)(H2,12,14,15)(H2,18,19,20);;;;/q;4*+1/p-4/t5-,7-,8-,11-;;;;/m1..../s1. The number of ether oxygens (including phenoxy) is 1. The second kappa shape index (κ2) is 16.0. The van der Waals surface area contributed by atoms with Crippen molar-refractivity contribution in [1.29, 1.82) is 0 Å². The first-order valence-corrected chi connectivity index (χ1v) is 13.3. The number of nitrogen functional groups attached to an aromatic ring is 1. The van der Waals surface area contributed by atoms with E-state index in [2.05, 4.69) is 40.7 Å². The van der Waals surface area contributed by atoms with Gasteiger partial charge < -0.3 is 44.2 Å². The van der Waals surface area contributed by atoms with Gasteiger partial charge in [-0.15, -0.1) is 0 Å². The number of aliphatic hydroxyl groups excluding tert-OH is 1. The number of hydrogen-bond acceptors (Lipinski definition) is 17. The van der Waals surface area contributed by atoms with E-state index in [1.54, 1.807) is 6.92 Å². The van der Waals surface area contributed by atoms with Gasteiger partial charge in [0, 0.05) is 5.75 Å². The minimum absolute atomic E-state index is 0. The van der Waals surface area contributed by atoms with E-state index >= 15 is 0 Å². The summed E-state index contributed by atoms with van der Waals surface area (Å²) in [4.78, 5) is 56.3. The molecule has 17 nitrogen and oxygen atoms in total. The van der Waals surface area contributed by atoms with E-state index in [1.165, 1.54) is 10.9 Å². The molecule has 6 atom stereocenters. The predicted molar refractivity (Wildman–Crippen MR) is 98.1 cm³/mol. The van der Waals surface area contributed by atoms with E-state index in [0.29, 0.717) is 0 Å². The Balaban J connectivity index is 0. The molecule has 1 aliphatic heterocycles. The molecule has 0 radical (unpaired) electrons. The van der Waals surface area contributed by atoms with E-state index in [0.717, 1.165) is 0 Å². The summed E-state index contributed by atoms with van der Waals surface area (Å²) in [6, 6.07) is 0. The van der Waals surface area contributed by atoms with Gasteiger partial charge in [-0.05, 0) is 6.92 Å². The van der Waals surface area contributed by atoms with E-state index < -0.39 is 48.0 Å². The molecular formula is C11H14N5Na4O12P3S. The zero-order chi connectivity index (χ0) is 24.1. The first kappa shape index (κ1) is 41.2. The molecule has 25 heteroatoms. The quantitative estimate of drug-likeness (QED) is 0.140. The number of anilines is 1. The topological polar surface area (TPSA) is 270 Å². The molecule has 2 aromatic heterocycles. The summed E-state index contributed by atoms with van der Waals surface area (Å²) in [5.41, 5.74) is 6.08. The maximum atomic E-state index is 12.0. The first-order chi connectivity index (χ1) is 14.6. The fourth-order valence-electron chi connectivity index (χ4n) is 2.89. The van der Waals surface area contributed by atoms with Crippen molar-refractivity contribution in [2.75, 3.05) is 11.5 Å². The number of nitrogens with two attached hydrogens (primary N) is 1. The third-order valence-corrected chi connectivity index (χ3v) is 8.04. The van der Waals surface area contributed by atoms with Crippen molar-refractivity contribution in [3.8, 4) is 0 Å². The molecule has 36 heavy (non-hydrogen) atoms. The molecule has 2 aromatic rings. The molecule has 3 heterocycles. The van der Waals surface area contributed by atoms with Crippen LogP contribution in [0.4, 0.5) is 5.82 Å². The van der Waals surface area contributed by atoms with Crippen LogP contribution < -0.4 is 144 Å². The maximum absolute atomic E-state index is 12.0. The Morgan fingerprint density at radius 2 is 1.69 bits per heavy atom. The van der Waals surface area contributed by atoms with Crippen LogP contribution in [0.25, 0.3) is 11.2 Å². The van der Waals surface area contributed by atoms with E-state index in [4.69, 9.17) is 10.5 Å². The third kappa shape index (κ3) is 10.7. The van der Waals surface area contributed by atoms with Gasteiger partial charge in [0.25, 0.3) is 15.6 Å². The van der Waals surface area contributed by atoms with Crippen LogP contribution in [0.1, 0.15) is 12.1 Å². The summed E-state index contributed by atoms with van der Waals surface area (Å²) in [6.45, 7) is 1.54. The van der Waals surface area contributed by atoms with Gasteiger partial charge in [0.15, 0.2) is 17.7 Å². The monoisotopic (exact) mass is 625 g/mol. The molecule has 0 bridgehead atoms. The van der Waals surface area contributed by atoms with Gasteiger partial charge in [-0.1, -0.05) is 0 Å². The summed E-state index contributed by atoms with van der Waals surface area (Å²) in [7, 11) is -18.2. The molecule has 2 unspecified atom stereocenters. The number of thiol groups is 1. The van der Waals surface area contributed by atoms with Gasteiger partial charge in [0.2, 0.25) is 0 Å². The number of rotatable bonds is 8. The SMILES string of the molecule is Cc1nc(N)c2ncn([C@@H]3O[C@H](CS)[C@@H](OP(=O)([O-])OP(=O)([O-])OP(=O)([O-])[O-])[C@H]3O)c2n1.[Na+].[Na+].[Na+].[Na+]. The minimum atomic E-state index is -6.17. The van der Waals surface area contributed by atoms with Crippen molar-refractivity contribution in [2.45, 2.75) is 31.5 Å². The number of hydrogen-bond donors (Lipinski definition) is 3. The number of phosphoric acid groups is 3. The zero-order valence-corrected chi connectivity index (χ0v) is 31.3. The van der Waals surface area contributed by atoms with Crippen LogP contribution in [-0.2, 0) is 31.6 Å². The molecular weight excluding hydrogens is 611 g/mol. The maximum Gasteiger partial charge on any atom is 1.00 e. The van der Waals surface area contributed by atoms with Crippen LogP contribution in [0.5, 0.6) is 0 Å². The number of aromatic nitrogens is 4. The van der Waals surface area contributed by atoms with Gasteiger partial charge in [-0.3, -0.25) is 18.0 Å². The number of aryl methyl sites for hydroxylation is 1. The van der Waals surface area contributed by atoms with Gasteiger partial charge in [-0.25, -0.2) is 19.3 Å². The Kier molecular flexibility index (Phi) is 18.3.